The Hall–Kier alpha value is -0.980. The zero-order chi connectivity index (χ0) is 15.2. The van der Waals surface area contributed by atoms with Crippen LogP contribution in [0.15, 0.2) is 18.2 Å². The second-order valence-corrected chi connectivity index (χ2v) is 7.01. The summed E-state index contributed by atoms with van der Waals surface area (Å²) in [5, 5.41) is 2.86. The van der Waals surface area contributed by atoms with Crippen molar-refractivity contribution < 1.29 is 13.2 Å². The number of nitrogens with one attached hydrogen (secondary N) is 2. The van der Waals surface area contributed by atoms with E-state index in [1.54, 1.807) is 25.1 Å². The molecule has 114 valence electrons. The number of benzene rings is 1. The summed E-state index contributed by atoms with van der Waals surface area (Å²) in [6, 6.07) is 4.83. The van der Waals surface area contributed by atoms with Crippen LogP contribution in [-0.2, 0) is 10.0 Å². The molecule has 0 saturated carbocycles. The van der Waals surface area contributed by atoms with Crippen LogP contribution in [0.1, 0.15) is 20.3 Å². The average molecular weight is 321 g/mol. The zero-order valence-electron chi connectivity index (χ0n) is 11.9. The first kappa shape index (κ1) is 17.1. The number of ether oxygens (including phenoxy) is 1. The van der Waals surface area contributed by atoms with Crippen LogP contribution in [0.5, 0.6) is 5.75 Å². The zero-order valence-corrected chi connectivity index (χ0v) is 13.5. The van der Waals surface area contributed by atoms with Crippen LogP contribution in [-0.4, -0.2) is 33.9 Å². The molecule has 0 aliphatic rings. The maximum absolute atomic E-state index is 12.2. The van der Waals surface area contributed by atoms with Gasteiger partial charge in [0.25, 0.3) is 0 Å². The quantitative estimate of drug-likeness (QED) is 0.722. The molecule has 1 aromatic rings. The van der Waals surface area contributed by atoms with Gasteiger partial charge in [-0.05, 0) is 32.0 Å². The Labute approximate surface area is 125 Å². The smallest absolute Gasteiger partial charge is 0.236 e. The Kier molecular flexibility index (Phi) is 6.58. The van der Waals surface area contributed by atoms with Gasteiger partial charge in [-0.25, -0.2) is 8.42 Å². The van der Waals surface area contributed by atoms with Gasteiger partial charge in [0.05, 0.1) is 23.1 Å². The highest BCUT2D eigenvalue weighted by Crippen LogP contribution is 2.28. The molecule has 0 saturated heterocycles. The summed E-state index contributed by atoms with van der Waals surface area (Å²) in [6.45, 7) is 4.87. The lowest BCUT2D eigenvalue weighted by atomic mass is 10.3. The van der Waals surface area contributed by atoms with E-state index in [4.69, 9.17) is 16.3 Å². The normalized spacial score (nSPS) is 13.0. The molecule has 1 atom stereocenters. The van der Waals surface area contributed by atoms with E-state index in [0.29, 0.717) is 23.0 Å². The Morgan fingerprint density at radius 2 is 2.10 bits per heavy atom. The third-order valence-corrected chi connectivity index (χ3v) is 4.87. The van der Waals surface area contributed by atoms with Gasteiger partial charge in [0, 0.05) is 12.6 Å². The molecule has 0 aromatic heterocycles. The maximum Gasteiger partial charge on any atom is 0.236 e. The second-order valence-electron chi connectivity index (χ2n) is 4.51. The second kappa shape index (κ2) is 7.71. The molecular weight excluding hydrogens is 300 g/mol. The van der Waals surface area contributed by atoms with Gasteiger partial charge < -0.3 is 10.1 Å². The number of sulfonamides is 1. The Morgan fingerprint density at radius 1 is 1.40 bits per heavy atom. The third-order valence-electron chi connectivity index (χ3n) is 2.81. The third kappa shape index (κ3) is 4.85. The molecule has 0 spiro atoms. The molecule has 0 amide bonds. The molecule has 20 heavy (non-hydrogen) atoms. The molecule has 1 rings (SSSR count). The molecule has 2 N–H and O–H groups in total. The molecule has 0 aliphatic heterocycles. The summed E-state index contributed by atoms with van der Waals surface area (Å²) in [5.74, 6) is 0.545. The Balaban J connectivity index is 2.79. The fourth-order valence-corrected chi connectivity index (χ4v) is 2.79. The fourth-order valence-electron chi connectivity index (χ4n) is 1.56. The van der Waals surface area contributed by atoms with Gasteiger partial charge in [0.2, 0.25) is 10.0 Å². The number of methoxy groups -OCH3 is 1. The number of hydrogen-bond acceptors (Lipinski definition) is 4. The van der Waals surface area contributed by atoms with Crippen molar-refractivity contribution in [3.05, 3.63) is 23.2 Å². The van der Waals surface area contributed by atoms with Crippen LogP contribution in [0, 0.1) is 0 Å². The highest BCUT2D eigenvalue weighted by Gasteiger charge is 2.21. The van der Waals surface area contributed by atoms with Gasteiger partial charge in [0.15, 0.2) is 0 Å². The van der Waals surface area contributed by atoms with E-state index in [2.05, 4.69) is 10.0 Å². The van der Waals surface area contributed by atoms with Gasteiger partial charge in [-0.3, -0.25) is 4.72 Å². The summed E-state index contributed by atoms with van der Waals surface area (Å²) in [5.41, 5.74) is 0.327. The van der Waals surface area contributed by atoms with Crippen LogP contribution in [0.25, 0.3) is 0 Å². The van der Waals surface area contributed by atoms with Crippen LogP contribution in [0.3, 0.4) is 0 Å². The minimum absolute atomic E-state index is 0.327. The van der Waals surface area contributed by atoms with Crippen molar-refractivity contribution in [3.63, 3.8) is 0 Å². The van der Waals surface area contributed by atoms with Gasteiger partial charge in [-0.15, -0.1) is 0 Å². The molecule has 5 nitrogen and oxygen atoms in total. The van der Waals surface area contributed by atoms with Crippen molar-refractivity contribution >= 4 is 27.3 Å². The highest BCUT2D eigenvalue weighted by molar-refractivity contribution is 7.93. The molecule has 0 bridgehead atoms. The van der Waals surface area contributed by atoms with E-state index in [-0.39, 0.29) is 0 Å². The molecular formula is C13H21ClN2O3S. The molecule has 1 aromatic carbocycles. The minimum atomic E-state index is -3.49. The first-order chi connectivity index (χ1) is 9.40. The topological polar surface area (TPSA) is 67.4 Å². The first-order valence-corrected chi connectivity index (χ1v) is 8.39. The number of halogens is 1. The summed E-state index contributed by atoms with van der Waals surface area (Å²) >= 11 is 5.99. The Bertz CT molecular complexity index is 534. The standard InChI is InChI=1S/C13H21ClN2O3S/c1-4-7-15-9-10(2)20(17,18)16-13-8-11(19-3)5-6-12(13)14/h5-6,8,10,15-16H,4,7,9H2,1-3H3. The van der Waals surface area contributed by atoms with E-state index < -0.39 is 15.3 Å². The number of rotatable bonds is 8. The molecule has 1 unspecified atom stereocenters. The van der Waals surface area contributed by atoms with Crippen LogP contribution >= 0.6 is 11.6 Å². The fraction of sp³-hybridized carbons (Fsp3) is 0.538. The van der Waals surface area contributed by atoms with Crippen LogP contribution in [0.4, 0.5) is 5.69 Å². The van der Waals surface area contributed by atoms with E-state index in [1.165, 1.54) is 7.11 Å². The predicted molar refractivity (Wildman–Crippen MR) is 83.2 cm³/mol. The van der Waals surface area contributed by atoms with Crippen molar-refractivity contribution in [1.29, 1.82) is 0 Å². The minimum Gasteiger partial charge on any atom is -0.497 e. The lowest BCUT2D eigenvalue weighted by molar-refractivity contribution is 0.415. The Morgan fingerprint density at radius 3 is 2.70 bits per heavy atom. The molecule has 0 aliphatic carbocycles. The predicted octanol–water partition coefficient (Wildman–Crippen LogP) is 2.48. The SMILES string of the molecule is CCCNCC(C)S(=O)(=O)Nc1cc(OC)ccc1Cl. The van der Waals surface area contributed by atoms with Crippen molar-refractivity contribution in [2.24, 2.45) is 0 Å². The summed E-state index contributed by atoms with van der Waals surface area (Å²) < 4.78 is 32.0. The summed E-state index contributed by atoms with van der Waals surface area (Å²) in [4.78, 5) is 0. The van der Waals surface area contributed by atoms with Crippen LogP contribution in [0.2, 0.25) is 5.02 Å². The maximum atomic E-state index is 12.2. The number of anilines is 1. The largest absolute Gasteiger partial charge is 0.497 e. The van der Waals surface area contributed by atoms with Gasteiger partial charge in [-0.2, -0.15) is 0 Å². The van der Waals surface area contributed by atoms with E-state index in [0.717, 1.165) is 13.0 Å². The average Bonchev–Trinajstić information content (AvgIpc) is 2.41. The van der Waals surface area contributed by atoms with Gasteiger partial charge >= 0.3 is 0 Å². The van der Waals surface area contributed by atoms with Crippen molar-refractivity contribution in [3.8, 4) is 5.75 Å². The molecule has 0 fully saturated rings. The summed E-state index contributed by atoms with van der Waals surface area (Å²) in [6.07, 6.45) is 0.960. The van der Waals surface area contributed by atoms with E-state index >= 15 is 0 Å². The lowest BCUT2D eigenvalue weighted by Gasteiger charge is -2.16. The first-order valence-electron chi connectivity index (χ1n) is 6.46. The van der Waals surface area contributed by atoms with E-state index in [9.17, 15) is 8.42 Å². The molecule has 0 heterocycles. The molecule has 7 heteroatoms. The summed E-state index contributed by atoms with van der Waals surface area (Å²) in [7, 11) is -1.98. The molecule has 0 radical (unpaired) electrons. The van der Waals surface area contributed by atoms with E-state index in [1.807, 2.05) is 6.92 Å². The van der Waals surface area contributed by atoms with Crippen LogP contribution < -0.4 is 14.8 Å². The lowest BCUT2D eigenvalue weighted by Crippen LogP contribution is -2.35. The van der Waals surface area contributed by atoms with Crippen molar-refractivity contribution in [2.75, 3.05) is 24.9 Å². The van der Waals surface area contributed by atoms with Gasteiger partial charge in [0.1, 0.15) is 5.75 Å². The monoisotopic (exact) mass is 320 g/mol. The van der Waals surface area contributed by atoms with Crippen molar-refractivity contribution in [1.82, 2.24) is 5.32 Å². The number of hydrogen-bond donors (Lipinski definition) is 2. The van der Waals surface area contributed by atoms with Gasteiger partial charge in [-0.1, -0.05) is 18.5 Å². The highest BCUT2D eigenvalue weighted by atomic mass is 35.5. The van der Waals surface area contributed by atoms with Crippen molar-refractivity contribution in [2.45, 2.75) is 25.5 Å².